The first kappa shape index (κ1) is 29.4. The van der Waals surface area contributed by atoms with Crippen LogP contribution in [0, 0.1) is 0 Å². The van der Waals surface area contributed by atoms with Gasteiger partial charge in [0.25, 0.3) is 0 Å². The molecule has 0 bridgehead atoms. The number of H-pyrrole nitrogens is 1. The molecule has 0 aliphatic heterocycles. The van der Waals surface area contributed by atoms with Crippen LogP contribution in [0.25, 0.3) is 10.9 Å². The first-order valence-electron chi connectivity index (χ1n) is 13.4. The highest BCUT2D eigenvalue weighted by atomic mass is 16.7. The van der Waals surface area contributed by atoms with E-state index in [1.165, 1.54) is 7.11 Å². The minimum Gasteiger partial charge on any atom is -0.487 e. The van der Waals surface area contributed by atoms with Crippen molar-refractivity contribution in [1.29, 1.82) is 0 Å². The predicted octanol–water partition coefficient (Wildman–Crippen LogP) is 5.92. The summed E-state index contributed by atoms with van der Waals surface area (Å²) in [7, 11) is 1.35. The van der Waals surface area contributed by atoms with Crippen molar-refractivity contribution >= 4 is 28.8 Å². The molecule has 0 aliphatic carbocycles. The smallest absolute Gasteiger partial charge is 0.487 e. The second-order valence-electron chi connectivity index (χ2n) is 9.54. The molecule has 0 aliphatic rings. The number of aromatic nitrogens is 1. The Balaban J connectivity index is 1.64. The maximum Gasteiger partial charge on any atom is 0.515 e. The Bertz CT molecular complexity index is 1470. The molecule has 9 nitrogen and oxygen atoms in total. The summed E-state index contributed by atoms with van der Waals surface area (Å²) < 4.78 is 21.2. The molecule has 0 amide bonds. The van der Waals surface area contributed by atoms with Crippen LogP contribution in [0.4, 0.5) is 4.79 Å². The molecule has 3 aromatic carbocycles. The Labute approximate surface area is 239 Å². The van der Waals surface area contributed by atoms with Crippen molar-refractivity contribution in [1.82, 2.24) is 9.88 Å². The fraction of sp³-hybridized carbons (Fsp3) is 0.281. The SMILES string of the molecule is CCOC(=O)Oc1cc2c(C(=O)CN(Cc3ccccc3)C(C)CC(=O)OC)ccc(OCc3ccccc3)c2[nH]1. The van der Waals surface area contributed by atoms with Gasteiger partial charge in [0.15, 0.2) is 5.78 Å². The molecule has 1 atom stereocenters. The molecule has 9 heteroatoms. The van der Waals surface area contributed by atoms with Gasteiger partial charge in [0.2, 0.25) is 5.88 Å². The van der Waals surface area contributed by atoms with Crippen LogP contribution in [0.1, 0.15) is 41.8 Å². The number of hydrogen-bond acceptors (Lipinski definition) is 8. The van der Waals surface area contributed by atoms with Gasteiger partial charge in [-0.25, -0.2) is 4.79 Å². The first-order chi connectivity index (χ1) is 19.9. The molecule has 1 heterocycles. The highest BCUT2D eigenvalue weighted by Gasteiger charge is 2.24. The lowest BCUT2D eigenvalue weighted by atomic mass is 10.0. The number of methoxy groups -OCH3 is 1. The predicted molar refractivity (Wildman–Crippen MR) is 154 cm³/mol. The van der Waals surface area contributed by atoms with E-state index in [4.69, 9.17) is 18.9 Å². The zero-order chi connectivity index (χ0) is 29.2. The quantitative estimate of drug-likeness (QED) is 0.159. The Kier molecular flexibility index (Phi) is 10.1. The molecule has 4 rings (SSSR count). The van der Waals surface area contributed by atoms with Crippen LogP contribution in [-0.4, -0.2) is 54.1 Å². The summed E-state index contributed by atoms with van der Waals surface area (Å²) in [6.45, 7) is 4.57. The average molecular weight is 559 g/mol. The molecule has 214 valence electrons. The number of fused-ring (bicyclic) bond motifs is 1. The van der Waals surface area contributed by atoms with Crippen molar-refractivity contribution in [3.05, 3.63) is 95.6 Å². The first-order valence-corrected chi connectivity index (χ1v) is 13.4. The van der Waals surface area contributed by atoms with E-state index in [1.807, 2.05) is 72.5 Å². The summed E-state index contributed by atoms with van der Waals surface area (Å²) in [5, 5.41) is 0.542. The number of benzene rings is 3. The lowest BCUT2D eigenvalue weighted by Gasteiger charge is -2.28. The van der Waals surface area contributed by atoms with Crippen LogP contribution in [0.2, 0.25) is 0 Å². The Morgan fingerprint density at radius 3 is 2.27 bits per heavy atom. The van der Waals surface area contributed by atoms with Crippen molar-refractivity contribution < 1.29 is 33.3 Å². The van der Waals surface area contributed by atoms with E-state index in [0.29, 0.717) is 35.4 Å². The summed E-state index contributed by atoms with van der Waals surface area (Å²) in [5.41, 5.74) is 2.93. The highest BCUT2D eigenvalue weighted by molar-refractivity contribution is 6.10. The molecule has 41 heavy (non-hydrogen) atoms. The van der Waals surface area contributed by atoms with Crippen molar-refractivity contribution in [2.45, 2.75) is 39.5 Å². The third kappa shape index (κ3) is 7.95. The number of esters is 1. The van der Waals surface area contributed by atoms with Crippen molar-refractivity contribution in [3.8, 4) is 11.6 Å². The number of ether oxygens (including phenoxy) is 4. The van der Waals surface area contributed by atoms with Crippen LogP contribution in [0.3, 0.4) is 0 Å². The van der Waals surface area contributed by atoms with Crippen LogP contribution in [-0.2, 0) is 27.4 Å². The number of carbonyl (C=O) groups excluding carboxylic acids is 3. The molecule has 0 saturated heterocycles. The number of nitrogens with one attached hydrogen (secondary N) is 1. The van der Waals surface area contributed by atoms with Gasteiger partial charge in [-0.15, -0.1) is 0 Å². The van der Waals surface area contributed by atoms with Crippen LogP contribution in [0.5, 0.6) is 11.6 Å². The molecule has 0 saturated carbocycles. The van der Waals surface area contributed by atoms with E-state index in [-0.39, 0.29) is 43.2 Å². The van der Waals surface area contributed by atoms with E-state index >= 15 is 0 Å². The number of carbonyl (C=O) groups is 3. The Morgan fingerprint density at radius 2 is 1.61 bits per heavy atom. The van der Waals surface area contributed by atoms with Crippen LogP contribution >= 0.6 is 0 Å². The zero-order valence-corrected chi connectivity index (χ0v) is 23.4. The van der Waals surface area contributed by atoms with Crippen molar-refractivity contribution in [3.63, 3.8) is 0 Å². The lowest BCUT2D eigenvalue weighted by Crippen LogP contribution is -2.38. The van der Waals surface area contributed by atoms with Gasteiger partial charge in [0.05, 0.1) is 32.2 Å². The highest BCUT2D eigenvalue weighted by Crippen LogP contribution is 2.33. The number of hydrogen-bond donors (Lipinski definition) is 1. The van der Waals surface area contributed by atoms with Crippen molar-refractivity contribution in [2.24, 2.45) is 0 Å². The number of ketones is 1. The van der Waals surface area contributed by atoms with Gasteiger partial charge in [-0.2, -0.15) is 0 Å². The normalized spacial score (nSPS) is 11.7. The summed E-state index contributed by atoms with van der Waals surface area (Å²) in [5.74, 6) is 0.110. The summed E-state index contributed by atoms with van der Waals surface area (Å²) >= 11 is 0. The van der Waals surface area contributed by atoms with Gasteiger partial charge in [0.1, 0.15) is 12.4 Å². The van der Waals surface area contributed by atoms with E-state index in [9.17, 15) is 14.4 Å². The number of aromatic amines is 1. The van der Waals surface area contributed by atoms with Crippen LogP contribution < -0.4 is 9.47 Å². The van der Waals surface area contributed by atoms with E-state index in [2.05, 4.69) is 4.98 Å². The Hall–Kier alpha value is -4.63. The molecular formula is C32H34N2O7. The fourth-order valence-corrected chi connectivity index (χ4v) is 4.47. The third-order valence-electron chi connectivity index (χ3n) is 6.61. The minimum atomic E-state index is -0.857. The summed E-state index contributed by atoms with van der Waals surface area (Å²) in [6, 6.07) is 24.2. The van der Waals surface area contributed by atoms with Gasteiger partial charge in [-0.05, 0) is 37.1 Å². The third-order valence-corrected chi connectivity index (χ3v) is 6.61. The van der Waals surface area contributed by atoms with Gasteiger partial charge < -0.3 is 23.9 Å². The topological polar surface area (TPSA) is 107 Å². The van der Waals surface area contributed by atoms with Gasteiger partial charge in [-0.3, -0.25) is 14.5 Å². The molecule has 4 aromatic rings. The fourth-order valence-electron chi connectivity index (χ4n) is 4.47. The summed E-state index contributed by atoms with van der Waals surface area (Å²) in [6.07, 6.45) is -0.718. The largest absolute Gasteiger partial charge is 0.515 e. The second-order valence-corrected chi connectivity index (χ2v) is 9.54. The number of rotatable bonds is 13. The average Bonchev–Trinajstić information content (AvgIpc) is 3.40. The summed E-state index contributed by atoms with van der Waals surface area (Å²) in [4.78, 5) is 42.9. The van der Waals surface area contributed by atoms with Gasteiger partial charge >= 0.3 is 12.1 Å². The lowest BCUT2D eigenvalue weighted by molar-refractivity contribution is -0.141. The second kappa shape index (κ2) is 14.1. The Morgan fingerprint density at radius 1 is 0.927 bits per heavy atom. The molecule has 1 aromatic heterocycles. The molecule has 0 spiro atoms. The van der Waals surface area contributed by atoms with E-state index < -0.39 is 6.16 Å². The van der Waals surface area contributed by atoms with Crippen molar-refractivity contribution in [2.75, 3.05) is 20.3 Å². The number of nitrogens with zero attached hydrogens (tertiary/aromatic N) is 1. The molecule has 0 fully saturated rings. The van der Waals surface area contributed by atoms with E-state index in [0.717, 1.165) is 11.1 Å². The molecular weight excluding hydrogens is 524 g/mol. The van der Waals surface area contributed by atoms with Gasteiger partial charge in [0, 0.05) is 29.6 Å². The molecule has 0 radical (unpaired) electrons. The maximum absolute atomic E-state index is 13.8. The number of Topliss-reactive ketones (excluding diaryl/α,β-unsaturated/α-hetero) is 1. The van der Waals surface area contributed by atoms with Gasteiger partial charge in [-0.1, -0.05) is 60.7 Å². The maximum atomic E-state index is 13.8. The monoisotopic (exact) mass is 558 g/mol. The minimum absolute atomic E-state index is 0.0472. The molecule has 1 unspecified atom stereocenters. The van der Waals surface area contributed by atoms with E-state index in [1.54, 1.807) is 25.1 Å². The standard InChI is InChI=1S/C32H34N2O7/c1-4-39-32(37)41-29-18-26-25(15-16-28(31(26)33-29)40-21-24-13-9-6-10-14-24)27(35)20-34(22(2)17-30(36)38-3)19-23-11-7-5-8-12-23/h5-16,18,22,33H,4,17,19-21H2,1-3H3. The zero-order valence-electron chi connectivity index (χ0n) is 23.4. The van der Waals surface area contributed by atoms with Crippen LogP contribution in [0.15, 0.2) is 78.9 Å². The molecule has 1 N–H and O–H groups in total.